The SMILES string of the molecule is NN1CCC(C(=O)O)C(F)C1. The minimum atomic E-state index is -1.33. The fourth-order valence-corrected chi connectivity index (χ4v) is 1.21. The molecule has 0 aliphatic carbocycles. The number of carbonyl (C=O) groups is 1. The van der Waals surface area contributed by atoms with Gasteiger partial charge in [-0.25, -0.2) is 9.40 Å². The molecule has 0 spiro atoms. The molecule has 1 aliphatic rings. The molecule has 3 N–H and O–H groups in total. The molecule has 0 aromatic rings. The summed E-state index contributed by atoms with van der Waals surface area (Å²) in [5.74, 6) is 3.36. The van der Waals surface area contributed by atoms with E-state index in [0.717, 1.165) is 0 Å². The zero-order valence-electron chi connectivity index (χ0n) is 6.03. The molecule has 1 rings (SSSR count). The van der Waals surface area contributed by atoms with Gasteiger partial charge in [0.2, 0.25) is 0 Å². The van der Waals surface area contributed by atoms with Crippen molar-refractivity contribution in [2.45, 2.75) is 12.6 Å². The fraction of sp³-hybridized carbons (Fsp3) is 0.833. The van der Waals surface area contributed by atoms with Gasteiger partial charge in [-0.3, -0.25) is 10.6 Å². The lowest BCUT2D eigenvalue weighted by Crippen LogP contribution is -2.47. The number of hydrazine groups is 1. The van der Waals surface area contributed by atoms with Crippen molar-refractivity contribution in [3.05, 3.63) is 0 Å². The van der Waals surface area contributed by atoms with Gasteiger partial charge in [0.05, 0.1) is 5.92 Å². The summed E-state index contributed by atoms with van der Waals surface area (Å²) in [6.45, 7) is 0.481. The Bertz CT molecular complexity index is 165. The van der Waals surface area contributed by atoms with E-state index in [0.29, 0.717) is 13.0 Å². The molecule has 2 unspecified atom stereocenters. The van der Waals surface area contributed by atoms with Crippen LogP contribution in [0.3, 0.4) is 0 Å². The first-order valence-corrected chi connectivity index (χ1v) is 3.48. The summed E-state index contributed by atoms with van der Waals surface area (Å²) in [4.78, 5) is 10.4. The van der Waals surface area contributed by atoms with Crippen molar-refractivity contribution in [1.82, 2.24) is 5.01 Å². The summed E-state index contributed by atoms with van der Waals surface area (Å²) in [5, 5.41) is 9.81. The van der Waals surface area contributed by atoms with Crippen LogP contribution in [-0.4, -0.2) is 35.3 Å². The third-order valence-corrected chi connectivity index (χ3v) is 1.89. The highest BCUT2D eigenvalue weighted by Crippen LogP contribution is 2.18. The molecule has 64 valence electrons. The van der Waals surface area contributed by atoms with Crippen LogP contribution in [0.2, 0.25) is 0 Å². The Morgan fingerprint density at radius 2 is 2.36 bits per heavy atom. The first-order valence-electron chi connectivity index (χ1n) is 3.48. The van der Waals surface area contributed by atoms with Crippen LogP contribution < -0.4 is 5.84 Å². The van der Waals surface area contributed by atoms with Crippen molar-refractivity contribution >= 4 is 5.97 Å². The number of carboxylic acids is 1. The minimum Gasteiger partial charge on any atom is -0.481 e. The number of hydrogen-bond acceptors (Lipinski definition) is 3. The van der Waals surface area contributed by atoms with E-state index in [1.54, 1.807) is 0 Å². The lowest BCUT2D eigenvalue weighted by molar-refractivity contribution is -0.146. The van der Waals surface area contributed by atoms with E-state index in [9.17, 15) is 9.18 Å². The molecule has 5 heteroatoms. The van der Waals surface area contributed by atoms with Crippen LogP contribution in [0.4, 0.5) is 4.39 Å². The molecule has 1 fully saturated rings. The Balaban J connectivity index is 2.50. The molecule has 0 aromatic carbocycles. The highest BCUT2D eigenvalue weighted by molar-refractivity contribution is 5.70. The van der Waals surface area contributed by atoms with Gasteiger partial charge in [-0.15, -0.1) is 0 Å². The average Bonchev–Trinajstić information content (AvgIpc) is 1.85. The molecule has 0 amide bonds. The quantitative estimate of drug-likeness (QED) is 0.515. The van der Waals surface area contributed by atoms with E-state index in [1.807, 2.05) is 0 Å². The number of nitrogens with two attached hydrogens (primary N) is 1. The summed E-state index contributed by atoms with van der Waals surface area (Å²) in [5.41, 5.74) is 0. The first kappa shape index (κ1) is 8.42. The monoisotopic (exact) mass is 162 g/mol. The molecule has 0 saturated carbocycles. The van der Waals surface area contributed by atoms with Crippen molar-refractivity contribution in [3.8, 4) is 0 Å². The molecular formula is C6H11FN2O2. The topological polar surface area (TPSA) is 66.6 Å². The van der Waals surface area contributed by atoms with Gasteiger partial charge in [-0.05, 0) is 6.42 Å². The first-order chi connectivity index (χ1) is 5.11. The Morgan fingerprint density at radius 3 is 2.82 bits per heavy atom. The number of hydrogen-bond donors (Lipinski definition) is 2. The van der Waals surface area contributed by atoms with Gasteiger partial charge in [0.15, 0.2) is 0 Å². The van der Waals surface area contributed by atoms with Crippen LogP contribution in [-0.2, 0) is 4.79 Å². The van der Waals surface area contributed by atoms with E-state index in [2.05, 4.69) is 0 Å². The number of rotatable bonds is 1. The van der Waals surface area contributed by atoms with Crippen LogP contribution in [0.15, 0.2) is 0 Å². The second-order valence-corrected chi connectivity index (χ2v) is 2.74. The normalized spacial score (nSPS) is 33.6. The largest absolute Gasteiger partial charge is 0.481 e. The van der Waals surface area contributed by atoms with Crippen LogP contribution in [0, 0.1) is 5.92 Å². The molecule has 4 nitrogen and oxygen atoms in total. The number of halogens is 1. The number of carboxylic acid groups (broad SMARTS) is 1. The Kier molecular flexibility index (Phi) is 2.41. The second kappa shape index (κ2) is 3.15. The minimum absolute atomic E-state index is 0.0248. The number of aliphatic carboxylic acids is 1. The molecule has 2 atom stereocenters. The smallest absolute Gasteiger partial charge is 0.309 e. The summed E-state index contributed by atoms with van der Waals surface area (Å²) in [6.07, 6.45) is -1.03. The van der Waals surface area contributed by atoms with Gasteiger partial charge in [0.25, 0.3) is 0 Å². The van der Waals surface area contributed by atoms with Crippen LogP contribution >= 0.6 is 0 Å². The van der Waals surface area contributed by atoms with Crippen molar-refractivity contribution in [3.63, 3.8) is 0 Å². The molecule has 0 bridgehead atoms. The van der Waals surface area contributed by atoms with E-state index in [1.165, 1.54) is 5.01 Å². The molecule has 0 radical (unpaired) electrons. The highest BCUT2D eigenvalue weighted by atomic mass is 19.1. The molecular weight excluding hydrogens is 151 g/mol. The summed E-state index contributed by atoms with van der Waals surface area (Å²) in [7, 11) is 0. The molecule has 1 heterocycles. The zero-order valence-corrected chi connectivity index (χ0v) is 6.03. The van der Waals surface area contributed by atoms with E-state index >= 15 is 0 Å². The average molecular weight is 162 g/mol. The lowest BCUT2D eigenvalue weighted by Gasteiger charge is -2.28. The molecule has 1 saturated heterocycles. The van der Waals surface area contributed by atoms with Gasteiger partial charge in [0.1, 0.15) is 6.17 Å². The van der Waals surface area contributed by atoms with Crippen LogP contribution in [0.5, 0.6) is 0 Å². The maximum atomic E-state index is 12.8. The third kappa shape index (κ3) is 1.87. The van der Waals surface area contributed by atoms with E-state index in [4.69, 9.17) is 10.9 Å². The molecule has 1 aliphatic heterocycles. The number of nitrogens with zero attached hydrogens (tertiary/aromatic N) is 1. The third-order valence-electron chi connectivity index (χ3n) is 1.89. The van der Waals surface area contributed by atoms with Crippen LogP contribution in [0.1, 0.15) is 6.42 Å². The molecule has 11 heavy (non-hydrogen) atoms. The van der Waals surface area contributed by atoms with E-state index in [-0.39, 0.29) is 6.54 Å². The van der Waals surface area contributed by atoms with Gasteiger partial charge in [-0.2, -0.15) is 0 Å². The Hall–Kier alpha value is -0.680. The maximum absolute atomic E-state index is 12.8. The zero-order chi connectivity index (χ0) is 8.43. The Morgan fingerprint density at radius 1 is 1.73 bits per heavy atom. The number of piperidine rings is 1. The highest BCUT2D eigenvalue weighted by Gasteiger charge is 2.32. The predicted molar refractivity (Wildman–Crippen MR) is 36.4 cm³/mol. The van der Waals surface area contributed by atoms with Gasteiger partial charge in [0, 0.05) is 13.1 Å². The Labute approximate surface area is 63.7 Å². The van der Waals surface area contributed by atoms with Gasteiger partial charge >= 0.3 is 5.97 Å². The van der Waals surface area contributed by atoms with Crippen molar-refractivity contribution in [1.29, 1.82) is 0 Å². The predicted octanol–water partition coefficient (Wildman–Crippen LogP) is -0.395. The van der Waals surface area contributed by atoms with Crippen LogP contribution in [0.25, 0.3) is 0 Å². The second-order valence-electron chi connectivity index (χ2n) is 2.74. The lowest BCUT2D eigenvalue weighted by atomic mass is 9.96. The molecule has 0 aromatic heterocycles. The maximum Gasteiger partial charge on any atom is 0.309 e. The summed E-state index contributed by atoms with van der Waals surface area (Å²) >= 11 is 0. The standard InChI is InChI=1S/C6H11FN2O2/c7-5-3-9(8)2-1-4(5)6(10)11/h4-5H,1-3,8H2,(H,10,11). The summed E-state index contributed by atoms with van der Waals surface area (Å²) in [6, 6.07) is 0. The summed E-state index contributed by atoms with van der Waals surface area (Å²) < 4.78 is 12.8. The van der Waals surface area contributed by atoms with Crippen molar-refractivity contribution < 1.29 is 14.3 Å². The van der Waals surface area contributed by atoms with Crippen molar-refractivity contribution in [2.24, 2.45) is 11.8 Å². The van der Waals surface area contributed by atoms with Crippen molar-refractivity contribution in [2.75, 3.05) is 13.1 Å². The van der Waals surface area contributed by atoms with E-state index < -0.39 is 18.1 Å². The van der Waals surface area contributed by atoms with Gasteiger partial charge < -0.3 is 5.11 Å². The fourth-order valence-electron chi connectivity index (χ4n) is 1.21. The van der Waals surface area contributed by atoms with Gasteiger partial charge in [-0.1, -0.05) is 0 Å². The number of alkyl halides is 1.